The molecule has 0 bridgehead atoms. The molecule has 3 aromatic rings. The molecule has 0 heterocycles. The molecule has 0 atom stereocenters. The number of hydrazone groups is 1. The highest BCUT2D eigenvalue weighted by atomic mass is 32.2. The van der Waals surface area contributed by atoms with E-state index in [0.717, 1.165) is 20.3 Å². The zero-order valence-corrected chi connectivity index (χ0v) is 21.8. The second kappa shape index (κ2) is 11.9. The lowest BCUT2D eigenvalue weighted by Crippen LogP contribution is -2.39. The van der Waals surface area contributed by atoms with Gasteiger partial charge in [-0.25, -0.2) is 13.8 Å². The first-order valence-corrected chi connectivity index (χ1v) is 13.7. The summed E-state index contributed by atoms with van der Waals surface area (Å²) in [6, 6.07) is 20.9. The topological polar surface area (TPSA) is 88.1 Å². The van der Waals surface area contributed by atoms with E-state index >= 15 is 0 Å². The maximum atomic E-state index is 13.5. The fourth-order valence-corrected chi connectivity index (χ4v) is 5.07. The summed E-state index contributed by atoms with van der Waals surface area (Å²) >= 11 is 1.52. The van der Waals surface area contributed by atoms with Gasteiger partial charge in [0.05, 0.1) is 22.9 Å². The predicted molar refractivity (Wildman–Crippen MR) is 142 cm³/mol. The molecule has 0 aliphatic heterocycles. The lowest BCUT2D eigenvalue weighted by atomic mass is 10.1. The second-order valence-corrected chi connectivity index (χ2v) is 10.5. The Kier molecular flexibility index (Phi) is 8.95. The quantitative estimate of drug-likeness (QED) is 0.239. The van der Waals surface area contributed by atoms with Crippen molar-refractivity contribution >= 4 is 39.1 Å². The maximum absolute atomic E-state index is 13.5. The van der Waals surface area contributed by atoms with Gasteiger partial charge in [0, 0.05) is 4.90 Å². The van der Waals surface area contributed by atoms with E-state index in [1.807, 2.05) is 44.4 Å². The standard InChI is InChI=1S/C26H29N3O4S2/c1-5-33-23-12-10-22(11-13-23)29(35(31,32)25-16-14-24(34-4)15-17-25)18-26(30)28-27-20(3)21-8-6-19(2)7-9-21/h6-17H,5,18H2,1-4H3,(H,28,30)/b27-20-. The number of hydrogen-bond donors (Lipinski definition) is 1. The van der Waals surface area contributed by atoms with Crippen LogP contribution in [0.3, 0.4) is 0 Å². The molecule has 0 spiro atoms. The van der Waals surface area contributed by atoms with Gasteiger partial charge in [-0.05, 0) is 81.1 Å². The fourth-order valence-electron chi connectivity index (χ4n) is 3.24. The normalized spacial score (nSPS) is 11.7. The molecule has 3 rings (SSSR count). The van der Waals surface area contributed by atoms with Crippen LogP contribution in [0.15, 0.2) is 87.7 Å². The molecule has 0 fully saturated rings. The van der Waals surface area contributed by atoms with E-state index in [9.17, 15) is 13.2 Å². The summed E-state index contributed by atoms with van der Waals surface area (Å²) in [5.41, 5.74) is 5.42. The predicted octanol–water partition coefficient (Wildman–Crippen LogP) is 4.85. The van der Waals surface area contributed by atoms with E-state index in [1.54, 1.807) is 55.5 Å². The molecule has 9 heteroatoms. The average molecular weight is 512 g/mol. The zero-order chi connectivity index (χ0) is 25.4. The van der Waals surface area contributed by atoms with Gasteiger partial charge in [0.2, 0.25) is 0 Å². The third-order valence-corrected chi connectivity index (χ3v) is 7.72. The van der Waals surface area contributed by atoms with Crippen LogP contribution in [0.4, 0.5) is 5.69 Å². The number of ether oxygens (including phenoxy) is 1. The number of benzene rings is 3. The van der Waals surface area contributed by atoms with Crippen molar-refractivity contribution in [1.29, 1.82) is 0 Å². The maximum Gasteiger partial charge on any atom is 0.264 e. The highest BCUT2D eigenvalue weighted by Crippen LogP contribution is 2.27. The van der Waals surface area contributed by atoms with Crippen molar-refractivity contribution < 1.29 is 17.9 Å². The number of carbonyl (C=O) groups excluding carboxylic acids is 1. The molecule has 7 nitrogen and oxygen atoms in total. The smallest absolute Gasteiger partial charge is 0.264 e. The highest BCUT2D eigenvalue weighted by molar-refractivity contribution is 7.98. The molecule has 0 aliphatic rings. The van der Waals surface area contributed by atoms with Crippen LogP contribution < -0.4 is 14.5 Å². The summed E-state index contributed by atoms with van der Waals surface area (Å²) in [7, 11) is -4.02. The zero-order valence-electron chi connectivity index (χ0n) is 20.2. The van der Waals surface area contributed by atoms with Crippen molar-refractivity contribution in [1.82, 2.24) is 5.43 Å². The van der Waals surface area contributed by atoms with Crippen LogP contribution in [0, 0.1) is 6.92 Å². The third kappa shape index (κ3) is 6.86. The largest absolute Gasteiger partial charge is 0.494 e. The first kappa shape index (κ1) is 26.3. The summed E-state index contributed by atoms with van der Waals surface area (Å²) in [5, 5.41) is 4.16. The molecule has 184 valence electrons. The Labute approximate surface area is 211 Å². The SMILES string of the molecule is CCOc1ccc(N(CC(=O)N/N=C(/C)c2ccc(C)cc2)S(=O)(=O)c2ccc(SC)cc2)cc1. The lowest BCUT2D eigenvalue weighted by molar-refractivity contribution is -0.119. The van der Waals surface area contributed by atoms with Gasteiger partial charge in [0.1, 0.15) is 12.3 Å². The summed E-state index contributed by atoms with van der Waals surface area (Å²) in [6.45, 7) is 5.68. The van der Waals surface area contributed by atoms with Crippen LogP contribution in [0.5, 0.6) is 5.75 Å². The van der Waals surface area contributed by atoms with Crippen molar-refractivity contribution in [2.45, 2.75) is 30.6 Å². The first-order valence-electron chi connectivity index (χ1n) is 11.0. The van der Waals surface area contributed by atoms with Crippen LogP contribution in [0.25, 0.3) is 0 Å². The third-order valence-electron chi connectivity index (χ3n) is 5.19. The van der Waals surface area contributed by atoms with Crippen molar-refractivity contribution in [3.63, 3.8) is 0 Å². The fraction of sp³-hybridized carbons (Fsp3) is 0.231. The van der Waals surface area contributed by atoms with Crippen molar-refractivity contribution in [2.24, 2.45) is 5.10 Å². The van der Waals surface area contributed by atoms with E-state index in [4.69, 9.17) is 4.74 Å². The van der Waals surface area contributed by atoms with E-state index < -0.39 is 22.5 Å². The molecule has 0 aromatic heterocycles. The van der Waals surface area contributed by atoms with Gasteiger partial charge in [0.15, 0.2) is 0 Å². The lowest BCUT2D eigenvalue weighted by Gasteiger charge is -2.24. The number of amides is 1. The van der Waals surface area contributed by atoms with Crippen LogP contribution in [-0.4, -0.2) is 39.4 Å². The molecule has 0 saturated carbocycles. The van der Waals surface area contributed by atoms with E-state index in [2.05, 4.69) is 10.5 Å². The minimum Gasteiger partial charge on any atom is -0.494 e. The van der Waals surface area contributed by atoms with Gasteiger partial charge < -0.3 is 4.74 Å². The molecular formula is C26H29N3O4S2. The van der Waals surface area contributed by atoms with Gasteiger partial charge in [-0.15, -0.1) is 11.8 Å². The molecule has 35 heavy (non-hydrogen) atoms. The number of aryl methyl sites for hydroxylation is 1. The van der Waals surface area contributed by atoms with E-state index in [0.29, 0.717) is 23.8 Å². The van der Waals surface area contributed by atoms with Gasteiger partial charge in [-0.3, -0.25) is 9.10 Å². The molecular weight excluding hydrogens is 482 g/mol. The minimum atomic E-state index is -4.02. The second-order valence-electron chi connectivity index (χ2n) is 7.71. The molecule has 0 radical (unpaired) electrons. The Morgan fingerprint density at radius 3 is 2.20 bits per heavy atom. The highest BCUT2D eigenvalue weighted by Gasteiger charge is 2.27. The number of anilines is 1. The van der Waals surface area contributed by atoms with Gasteiger partial charge in [-0.1, -0.05) is 29.8 Å². The Balaban J connectivity index is 1.87. The number of nitrogens with one attached hydrogen (secondary N) is 1. The first-order chi connectivity index (χ1) is 16.7. The van der Waals surface area contributed by atoms with E-state index in [1.165, 1.54) is 11.8 Å². The summed E-state index contributed by atoms with van der Waals surface area (Å²) < 4.78 is 33.6. The number of carbonyl (C=O) groups is 1. The molecule has 1 N–H and O–H groups in total. The Morgan fingerprint density at radius 2 is 1.63 bits per heavy atom. The monoisotopic (exact) mass is 511 g/mol. The number of rotatable bonds is 10. The minimum absolute atomic E-state index is 0.0938. The molecule has 0 unspecified atom stereocenters. The number of hydrogen-bond acceptors (Lipinski definition) is 6. The van der Waals surface area contributed by atoms with Crippen LogP contribution in [0.1, 0.15) is 25.0 Å². The average Bonchev–Trinajstić information content (AvgIpc) is 2.87. The Bertz CT molecular complexity index is 1270. The van der Waals surface area contributed by atoms with Crippen LogP contribution in [-0.2, 0) is 14.8 Å². The molecule has 0 aliphatic carbocycles. The number of sulfonamides is 1. The van der Waals surface area contributed by atoms with Crippen molar-refractivity contribution in [3.8, 4) is 5.75 Å². The van der Waals surface area contributed by atoms with Crippen molar-refractivity contribution in [2.75, 3.05) is 23.7 Å². The van der Waals surface area contributed by atoms with Crippen molar-refractivity contribution in [3.05, 3.63) is 83.9 Å². The number of nitrogens with zero attached hydrogens (tertiary/aromatic N) is 2. The van der Waals surface area contributed by atoms with Gasteiger partial charge in [-0.2, -0.15) is 5.10 Å². The summed E-state index contributed by atoms with van der Waals surface area (Å²) in [6.07, 6.45) is 1.92. The summed E-state index contributed by atoms with van der Waals surface area (Å²) in [5.74, 6) is 0.0513. The Morgan fingerprint density at radius 1 is 1.00 bits per heavy atom. The van der Waals surface area contributed by atoms with Gasteiger partial charge >= 0.3 is 0 Å². The van der Waals surface area contributed by atoms with Gasteiger partial charge in [0.25, 0.3) is 15.9 Å². The number of thioether (sulfide) groups is 1. The summed E-state index contributed by atoms with van der Waals surface area (Å²) in [4.78, 5) is 13.8. The molecule has 0 saturated heterocycles. The van der Waals surface area contributed by atoms with Crippen LogP contribution >= 0.6 is 11.8 Å². The molecule has 3 aromatic carbocycles. The van der Waals surface area contributed by atoms with Crippen LogP contribution in [0.2, 0.25) is 0 Å². The van der Waals surface area contributed by atoms with E-state index in [-0.39, 0.29) is 4.90 Å². The molecule has 1 amide bonds. The Hall–Kier alpha value is -3.30.